The van der Waals surface area contributed by atoms with Crippen molar-refractivity contribution in [1.29, 1.82) is 0 Å². The fraction of sp³-hybridized carbons (Fsp3) is 0.150. The summed E-state index contributed by atoms with van der Waals surface area (Å²) in [6.07, 6.45) is 7.58. The van der Waals surface area contributed by atoms with Crippen LogP contribution in [0.25, 0.3) is 11.5 Å². The highest BCUT2D eigenvalue weighted by atomic mass is 16.5. The number of rotatable bonds is 0. The second-order valence-corrected chi connectivity index (χ2v) is 6.05. The number of anilines is 1. The van der Waals surface area contributed by atoms with E-state index in [4.69, 9.17) is 4.74 Å². The zero-order valence-electron chi connectivity index (χ0n) is 14.3. The third kappa shape index (κ3) is 3.21. The Kier molecular flexibility index (Phi) is 4.23. The Morgan fingerprint density at radius 1 is 1.19 bits per heavy atom. The van der Waals surface area contributed by atoms with Crippen LogP contribution >= 0.6 is 0 Å². The van der Waals surface area contributed by atoms with Crippen molar-refractivity contribution in [3.8, 4) is 17.3 Å². The first-order chi connectivity index (χ1) is 12.7. The van der Waals surface area contributed by atoms with E-state index in [1.165, 1.54) is 0 Å². The summed E-state index contributed by atoms with van der Waals surface area (Å²) in [5.74, 6) is 1.53. The molecule has 0 atom stereocenters. The fourth-order valence-corrected chi connectivity index (χ4v) is 2.83. The molecule has 2 bridgehead atoms. The van der Waals surface area contributed by atoms with E-state index in [0.29, 0.717) is 36.0 Å². The molecule has 3 heterocycles. The Hall–Kier alpha value is -3.41. The maximum Gasteiger partial charge on any atom is 0.260 e. The van der Waals surface area contributed by atoms with Crippen molar-refractivity contribution in [2.45, 2.75) is 13.5 Å². The summed E-state index contributed by atoms with van der Waals surface area (Å²) in [5.41, 5.74) is 2.22. The third-order valence-corrected chi connectivity index (χ3v) is 4.12. The van der Waals surface area contributed by atoms with Gasteiger partial charge in [0.2, 0.25) is 0 Å². The van der Waals surface area contributed by atoms with Crippen LogP contribution in [-0.2, 0) is 6.54 Å². The average Bonchev–Trinajstić information content (AvgIpc) is 3.09. The molecule has 0 saturated heterocycles. The van der Waals surface area contributed by atoms with E-state index in [0.717, 1.165) is 11.4 Å². The predicted molar refractivity (Wildman–Crippen MR) is 99.2 cm³/mol. The Morgan fingerprint density at radius 2 is 2.12 bits per heavy atom. The molecular formula is C20H18N4O2. The van der Waals surface area contributed by atoms with Crippen LogP contribution in [0.5, 0.6) is 5.75 Å². The van der Waals surface area contributed by atoms with E-state index in [1.807, 2.05) is 54.1 Å². The van der Waals surface area contributed by atoms with Gasteiger partial charge < -0.3 is 14.6 Å². The highest BCUT2D eigenvalue weighted by molar-refractivity contribution is 6.05. The average molecular weight is 346 g/mol. The van der Waals surface area contributed by atoms with E-state index >= 15 is 0 Å². The number of carbonyl (C=O) groups is 1. The number of pyridine rings is 1. The highest BCUT2D eigenvalue weighted by Crippen LogP contribution is 2.23. The van der Waals surface area contributed by atoms with Gasteiger partial charge in [-0.3, -0.25) is 4.79 Å². The Labute approximate surface area is 151 Å². The minimum atomic E-state index is -0.256. The molecule has 0 radical (unpaired) electrons. The molecule has 6 nitrogen and oxygen atoms in total. The standard InChI is InChI=1S/C20H18N4O2/c1-14-7-8-15-17(13-14)26-12-3-2-10-24-11-9-21-19(24)16-5-4-6-18(22-16)23-20(15)25/h2-9,11,13H,10,12H2,1H3,(H,22,23,25)/b3-2+. The number of aromatic nitrogens is 3. The van der Waals surface area contributed by atoms with Gasteiger partial charge in [-0.1, -0.05) is 18.2 Å². The molecule has 1 aromatic carbocycles. The first-order valence-corrected chi connectivity index (χ1v) is 8.39. The van der Waals surface area contributed by atoms with Gasteiger partial charge in [-0.2, -0.15) is 0 Å². The molecular weight excluding hydrogens is 328 g/mol. The zero-order chi connectivity index (χ0) is 17.9. The molecule has 6 heteroatoms. The van der Waals surface area contributed by atoms with Crippen molar-refractivity contribution in [1.82, 2.24) is 14.5 Å². The van der Waals surface area contributed by atoms with Crippen molar-refractivity contribution in [2.75, 3.05) is 11.9 Å². The molecule has 2 aromatic heterocycles. The number of carbonyl (C=O) groups excluding carboxylic acids is 1. The van der Waals surface area contributed by atoms with Crippen LogP contribution in [0.1, 0.15) is 15.9 Å². The van der Waals surface area contributed by atoms with E-state index in [1.54, 1.807) is 18.3 Å². The molecule has 1 aliphatic heterocycles. The van der Waals surface area contributed by atoms with Crippen LogP contribution in [-0.4, -0.2) is 27.0 Å². The summed E-state index contributed by atoms with van der Waals surface area (Å²) in [6, 6.07) is 11.0. The van der Waals surface area contributed by atoms with Crippen LogP contribution in [0.15, 0.2) is 60.9 Å². The normalized spacial score (nSPS) is 15.0. The van der Waals surface area contributed by atoms with E-state index in [-0.39, 0.29) is 5.91 Å². The van der Waals surface area contributed by atoms with E-state index in [9.17, 15) is 4.79 Å². The van der Waals surface area contributed by atoms with E-state index < -0.39 is 0 Å². The number of nitrogens with one attached hydrogen (secondary N) is 1. The third-order valence-electron chi connectivity index (χ3n) is 4.12. The number of fused-ring (bicyclic) bond motifs is 5. The van der Waals surface area contributed by atoms with Gasteiger partial charge in [-0.05, 0) is 42.8 Å². The minimum Gasteiger partial charge on any atom is -0.489 e. The lowest BCUT2D eigenvalue weighted by Crippen LogP contribution is -2.15. The molecule has 1 amide bonds. The number of amides is 1. The molecule has 4 rings (SSSR count). The van der Waals surface area contributed by atoms with Crippen LogP contribution < -0.4 is 10.1 Å². The summed E-state index contributed by atoms with van der Waals surface area (Å²) >= 11 is 0. The summed E-state index contributed by atoms with van der Waals surface area (Å²) in [6.45, 7) is 3.02. The fourth-order valence-electron chi connectivity index (χ4n) is 2.83. The van der Waals surface area contributed by atoms with Crippen LogP contribution in [0.2, 0.25) is 0 Å². The maximum atomic E-state index is 12.7. The van der Waals surface area contributed by atoms with Crippen molar-refractivity contribution in [2.24, 2.45) is 0 Å². The number of hydrogen-bond donors (Lipinski definition) is 1. The quantitative estimate of drug-likeness (QED) is 0.633. The van der Waals surface area contributed by atoms with Gasteiger partial charge in [0, 0.05) is 18.9 Å². The molecule has 1 aliphatic rings. The predicted octanol–water partition coefficient (Wildman–Crippen LogP) is 3.45. The van der Waals surface area contributed by atoms with E-state index in [2.05, 4.69) is 15.3 Å². The number of benzene rings is 1. The molecule has 0 aliphatic carbocycles. The second kappa shape index (κ2) is 6.84. The summed E-state index contributed by atoms with van der Waals surface area (Å²) in [7, 11) is 0. The van der Waals surface area contributed by atoms with Crippen molar-refractivity contribution in [3.05, 3.63) is 72.1 Å². The Morgan fingerprint density at radius 3 is 3.04 bits per heavy atom. The minimum absolute atomic E-state index is 0.256. The summed E-state index contributed by atoms with van der Waals surface area (Å²) in [4.78, 5) is 21.6. The maximum absolute atomic E-state index is 12.7. The number of hydrogen-bond acceptors (Lipinski definition) is 4. The molecule has 26 heavy (non-hydrogen) atoms. The highest BCUT2D eigenvalue weighted by Gasteiger charge is 2.15. The molecule has 0 fully saturated rings. The number of allylic oxidation sites excluding steroid dienone is 1. The lowest BCUT2D eigenvalue weighted by Gasteiger charge is -2.13. The SMILES string of the molecule is Cc1ccc2c(c1)OC/C=C/Cn1ccnc1-c1cccc(n1)NC2=O. The van der Waals surface area contributed by atoms with Crippen molar-refractivity contribution < 1.29 is 9.53 Å². The lowest BCUT2D eigenvalue weighted by molar-refractivity contribution is 0.102. The number of ether oxygens (including phenoxy) is 1. The Balaban J connectivity index is 1.78. The summed E-state index contributed by atoms with van der Waals surface area (Å²) < 4.78 is 7.81. The smallest absolute Gasteiger partial charge is 0.260 e. The molecule has 0 spiro atoms. The monoisotopic (exact) mass is 346 g/mol. The van der Waals surface area contributed by atoms with Gasteiger partial charge in [0.25, 0.3) is 5.91 Å². The molecule has 0 unspecified atom stereocenters. The molecule has 3 aromatic rings. The largest absolute Gasteiger partial charge is 0.489 e. The van der Waals surface area contributed by atoms with Crippen LogP contribution in [0, 0.1) is 6.92 Å². The van der Waals surface area contributed by atoms with Gasteiger partial charge in [0.05, 0.1) is 5.56 Å². The lowest BCUT2D eigenvalue weighted by atomic mass is 10.1. The zero-order valence-corrected chi connectivity index (χ0v) is 14.3. The Bertz CT molecular complexity index is 991. The van der Waals surface area contributed by atoms with Gasteiger partial charge in [-0.25, -0.2) is 9.97 Å². The number of aryl methyl sites for hydroxylation is 1. The van der Waals surface area contributed by atoms with Gasteiger partial charge in [-0.15, -0.1) is 0 Å². The number of nitrogens with zero attached hydrogens (tertiary/aromatic N) is 3. The molecule has 1 N–H and O–H groups in total. The first kappa shape index (κ1) is 16.1. The number of imidazole rings is 1. The van der Waals surface area contributed by atoms with Crippen LogP contribution in [0.4, 0.5) is 5.82 Å². The van der Waals surface area contributed by atoms with Crippen molar-refractivity contribution >= 4 is 11.7 Å². The van der Waals surface area contributed by atoms with Gasteiger partial charge in [0.15, 0.2) is 5.82 Å². The molecule has 130 valence electrons. The van der Waals surface area contributed by atoms with Gasteiger partial charge in [0.1, 0.15) is 23.9 Å². The summed E-state index contributed by atoms with van der Waals surface area (Å²) in [5, 5.41) is 2.85. The van der Waals surface area contributed by atoms with Gasteiger partial charge >= 0.3 is 0 Å². The van der Waals surface area contributed by atoms with Crippen molar-refractivity contribution in [3.63, 3.8) is 0 Å². The second-order valence-electron chi connectivity index (χ2n) is 6.05. The van der Waals surface area contributed by atoms with Crippen LogP contribution in [0.3, 0.4) is 0 Å². The first-order valence-electron chi connectivity index (χ1n) is 8.39. The topological polar surface area (TPSA) is 69.0 Å². The molecule has 0 saturated carbocycles.